The van der Waals surface area contributed by atoms with Crippen molar-refractivity contribution in [2.45, 2.75) is 57.0 Å². The Morgan fingerprint density at radius 3 is 2.57 bits per heavy atom. The van der Waals surface area contributed by atoms with E-state index in [0.29, 0.717) is 17.6 Å². The fraction of sp³-hybridized carbons (Fsp3) is 0.417. The van der Waals surface area contributed by atoms with Crippen molar-refractivity contribution in [1.82, 2.24) is 9.97 Å². The fourth-order valence-electron chi connectivity index (χ4n) is 4.14. The molecule has 0 amide bonds. The van der Waals surface area contributed by atoms with Crippen molar-refractivity contribution in [3.63, 3.8) is 0 Å². The largest absolute Gasteiger partial charge is 0.474 e. The molecule has 1 atom stereocenters. The summed E-state index contributed by atoms with van der Waals surface area (Å²) in [6, 6.07) is 12.0. The van der Waals surface area contributed by atoms with E-state index in [2.05, 4.69) is 22.1 Å². The third-order valence-corrected chi connectivity index (χ3v) is 6.48. The summed E-state index contributed by atoms with van der Waals surface area (Å²) in [6.45, 7) is 2.48. The molecule has 0 saturated heterocycles. The van der Waals surface area contributed by atoms with Crippen molar-refractivity contribution >= 4 is 22.4 Å². The number of rotatable bonds is 7. The van der Waals surface area contributed by atoms with E-state index in [1.165, 1.54) is 5.56 Å². The molecular weight excluding hydrogens is 400 g/mol. The summed E-state index contributed by atoms with van der Waals surface area (Å²) < 4.78 is 12.1. The SMILES string of the molecule is CC(O)(c1cnc(O[C@H]2C[C@H](OCc3ccccc3)C2)c2cnc(Cl)cc12)C1CC1. The van der Waals surface area contributed by atoms with Gasteiger partial charge in [-0.3, -0.25) is 0 Å². The maximum atomic E-state index is 11.1. The van der Waals surface area contributed by atoms with Crippen molar-refractivity contribution in [2.75, 3.05) is 0 Å². The number of aromatic nitrogens is 2. The fourth-order valence-corrected chi connectivity index (χ4v) is 4.30. The van der Waals surface area contributed by atoms with Crippen LogP contribution in [0.5, 0.6) is 5.88 Å². The number of hydrogen-bond donors (Lipinski definition) is 1. The van der Waals surface area contributed by atoms with Gasteiger partial charge < -0.3 is 14.6 Å². The van der Waals surface area contributed by atoms with E-state index in [1.807, 2.05) is 25.1 Å². The van der Waals surface area contributed by atoms with E-state index >= 15 is 0 Å². The van der Waals surface area contributed by atoms with Crippen LogP contribution in [-0.4, -0.2) is 27.3 Å². The standard InChI is InChI=1S/C24H25ClN2O3/c1-24(28,16-7-8-16)21-13-27-23(20-12-26-22(25)11-19(20)21)30-18-9-17(10-18)29-14-15-5-3-2-4-6-15/h2-6,11-13,16-18,28H,7-10,14H2,1H3/t17-,18-,24?. The lowest BCUT2D eigenvalue weighted by Crippen LogP contribution is -2.39. The Hall–Kier alpha value is -2.21. The van der Waals surface area contributed by atoms with E-state index in [9.17, 15) is 5.11 Å². The highest BCUT2D eigenvalue weighted by Crippen LogP contribution is 2.48. The number of benzene rings is 1. The summed E-state index contributed by atoms with van der Waals surface area (Å²) in [5.74, 6) is 0.798. The molecule has 156 valence electrons. The predicted molar refractivity (Wildman–Crippen MR) is 116 cm³/mol. The molecule has 5 nitrogen and oxygen atoms in total. The van der Waals surface area contributed by atoms with Crippen LogP contribution in [0.1, 0.15) is 43.7 Å². The van der Waals surface area contributed by atoms with Gasteiger partial charge in [0.05, 0.1) is 23.7 Å². The second-order valence-corrected chi connectivity index (χ2v) is 8.97. The molecule has 0 spiro atoms. The number of nitrogens with zero attached hydrogens (tertiary/aromatic N) is 2. The molecule has 2 fully saturated rings. The first kappa shape index (κ1) is 19.7. The van der Waals surface area contributed by atoms with Gasteiger partial charge in [0.15, 0.2) is 0 Å². The normalized spacial score (nSPS) is 23.0. The molecule has 1 unspecified atom stereocenters. The van der Waals surface area contributed by atoms with Crippen LogP contribution in [-0.2, 0) is 16.9 Å². The molecule has 2 aromatic heterocycles. The number of pyridine rings is 2. The summed E-state index contributed by atoms with van der Waals surface area (Å²) in [4.78, 5) is 8.77. The summed E-state index contributed by atoms with van der Waals surface area (Å²) in [5.41, 5.74) is 1.03. The van der Waals surface area contributed by atoms with Gasteiger partial charge in [0, 0.05) is 30.8 Å². The van der Waals surface area contributed by atoms with Crippen molar-refractivity contribution < 1.29 is 14.6 Å². The molecule has 0 bridgehead atoms. The molecular formula is C24H25ClN2O3. The van der Waals surface area contributed by atoms with Gasteiger partial charge in [-0.15, -0.1) is 0 Å². The van der Waals surface area contributed by atoms with Gasteiger partial charge >= 0.3 is 0 Å². The molecule has 6 heteroatoms. The Morgan fingerprint density at radius 1 is 1.07 bits per heavy atom. The Balaban J connectivity index is 1.29. The molecule has 30 heavy (non-hydrogen) atoms. The average Bonchev–Trinajstić information content (AvgIpc) is 3.56. The second-order valence-electron chi connectivity index (χ2n) is 8.58. The topological polar surface area (TPSA) is 64.5 Å². The Labute approximate surface area is 181 Å². The van der Waals surface area contributed by atoms with Crippen LogP contribution in [0.15, 0.2) is 48.8 Å². The maximum absolute atomic E-state index is 11.1. The number of fused-ring (bicyclic) bond motifs is 1. The first-order chi connectivity index (χ1) is 14.5. The molecule has 2 saturated carbocycles. The minimum absolute atomic E-state index is 0.0620. The molecule has 2 aliphatic rings. The number of aliphatic hydroxyl groups is 1. The Morgan fingerprint density at radius 2 is 1.83 bits per heavy atom. The molecule has 0 aliphatic heterocycles. The molecule has 5 rings (SSSR count). The van der Waals surface area contributed by atoms with Gasteiger partial charge in [0.1, 0.15) is 11.3 Å². The minimum atomic E-state index is -0.929. The van der Waals surface area contributed by atoms with Crippen molar-refractivity contribution in [3.05, 3.63) is 65.1 Å². The lowest BCUT2D eigenvalue weighted by molar-refractivity contribution is -0.0690. The lowest BCUT2D eigenvalue weighted by atomic mass is 9.89. The Bertz CT molecular complexity index is 1050. The van der Waals surface area contributed by atoms with Gasteiger partial charge in [-0.2, -0.15) is 0 Å². The van der Waals surface area contributed by atoms with Crippen LogP contribution in [0.3, 0.4) is 0 Å². The van der Waals surface area contributed by atoms with Gasteiger partial charge in [-0.05, 0) is 42.7 Å². The average molecular weight is 425 g/mol. The highest BCUT2D eigenvalue weighted by Gasteiger charge is 2.42. The number of halogens is 1. The van der Waals surface area contributed by atoms with Crippen LogP contribution in [0.4, 0.5) is 0 Å². The summed E-state index contributed by atoms with van der Waals surface area (Å²) in [6.07, 6.45) is 7.40. The van der Waals surface area contributed by atoms with Crippen molar-refractivity contribution in [3.8, 4) is 5.88 Å². The zero-order valence-electron chi connectivity index (χ0n) is 16.9. The van der Waals surface area contributed by atoms with E-state index in [4.69, 9.17) is 21.1 Å². The highest BCUT2D eigenvalue weighted by atomic mass is 35.5. The van der Waals surface area contributed by atoms with Gasteiger partial charge in [0.2, 0.25) is 5.88 Å². The molecule has 3 aromatic rings. The Kier molecular flexibility index (Phi) is 5.13. The molecule has 1 N–H and O–H groups in total. The maximum Gasteiger partial charge on any atom is 0.223 e. The molecule has 2 heterocycles. The predicted octanol–water partition coefficient (Wildman–Crippen LogP) is 5.03. The summed E-state index contributed by atoms with van der Waals surface area (Å²) >= 11 is 6.17. The first-order valence-electron chi connectivity index (χ1n) is 10.5. The molecule has 2 aliphatic carbocycles. The zero-order valence-corrected chi connectivity index (χ0v) is 17.7. The van der Waals surface area contributed by atoms with E-state index in [0.717, 1.165) is 42.0 Å². The second kappa shape index (κ2) is 7.80. The van der Waals surface area contributed by atoms with Crippen LogP contribution in [0.2, 0.25) is 5.15 Å². The van der Waals surface area contributed by atoms with E-state index < -0.39 is 5.60 Å². The van der Waals surface area contributed by atoms with Crippen molar-refractivity contribution in [2.24, 2.45) is 5.92 Å². The zero-order chi connectivity index (χ0) is 20.7. The monoisotopic (exact) mass is 424 g/mol. The highest BCUT2D eigenvalue weighted by molar-refractivity contribution is 6.30. The molecule has 1 aromatic carbocycles. The summed E-state index contributed by atoms with van der Waals surface area (Å²) in [5, 5.41) is 13.1. The van der Waals surface area contributed by atoms with Crippen molar-refractivity contribution in [1.29, 1.82) is 0 Å². The summed E-state index contributed by atoms with van der Waals surface area (Å²) in [7, 11) is 0. The molecule has 0 radical (unpaired) electrons. The van der Waals surface area contributed by atoms with Crippen LogP contribution >= 0.6 is 11.6 Å². The van der Waals surface area contributed by atoms with E-state index in [-0.39, 0.29) is 18.1 Å². The van der Waals surface area contributed by atoms with Crippen LogP contribution < -0.4 is 4.74 Å². The number of hydrogen-bond acceptors (Lipinski definition) is 5. The first-order valence-corrected chi connectivity index (χ1v) is 10.9. The third-order valence-electron chi connectivity index (χ3n) is 6.28. The minimum Gasteiger partial charge on any atom is -0.474 e. The lowest BCUT2D eigenvalue weighted by Gasteiger charge is -2.35. The van der Waals surface area contributed by atoms with Crippen LogP contribution in [0, 0.1) is 5.92 Å². The van der Waals surface area contributed by atoms with Crippen LogP contribution in [0.25, 0.3) is 10.8 Å². The van der Waals surface area contributed by atoms with E-state index in [1.54, 1.807) is 18.5 Å². The van der Waals surface area contributed by atoms with Gasteiger partial charge in [0.25, 0.3) is 0 Å². The quantitative estimate of drug-likeness (QED) is 0.539. The van der Waals surface area contributed by atoms with Gasteiger partial charge in [-0.1, -0.05) is 41.9 Å². The number of ether oxygens (including phenoxy) is 2. The van der Waals surface area contributed by atoms with Gasteiger partial charge in [-0.25, -0.2) is 9.97 Å². The third kappa shape index (κ3) is 3.89. The smallest absolute Gasteiger partial charge is 0.223 e.